The lowest BCUT2D eigenvalue weighted by atomic mass is 10.2. The third-order valence-corrected chi connectivity index (χ3v) is 4.35. The Kier molecular flexibility index (Phi) is 12.4. The maximum Gasteiger partial charge on any atom is 0.191 e. The molecule has 6 nitrogen and oxygen atoms in total. The smallest absolute Gasteiger partial charge is 0.191 e. The Morgan fingerprint density at radius 3 is 2.70 bits per heavy atom. The molecule has 1 aliphatic rings. The molecule has 8 heteroatoms. The average Bonchev–Trinajstić information content (AvgIpc) is 2.66. The van der Waals surface area contributed by atoms with Gasteiger partial charge in [0, 0.05) is 52.9 Å². The molecule has 2 N–H and O–H groups in total. The van der Waals surface area contributed by atoms with E-state index in [9.17, 15) is 4.39 Å². The van der Waals surface area contributed by atoms with Crippen LogP contribution in [0.15, 0.2) is 29.3 Å². The minimum atomic E-state index is -0.184. The maximum atomic E-state index is 13.8. The summed E-state index contributed by atoms with van der Waals surface area (Å²) >= 11 is 0. The van der Waals surface area contributed by atoms with Gasteiger partial charge in [-0.15, -0.1) is 24.0 Å². The molecule has 0 spiro atoms. The van der Waals surface area contributed by atoms with Crippen LogP contribution in [0.1, 0.15) is 13.3 Å². The molecule has 0 saturated carbocycles. The average molecular weight is 493 g/mol. The summed E-state index contributed by atoms with van der Waals surface area (Å²) in [5.74, 6) is 0.658. The van der Waals surface area contributed by atoms with Crippen molar-refractivity contribution in [2.75, 3.05) is 71.0 Å². The summed E-state index contributed by atoms with van der Waals surface area (Å²) < 4.78 is 19.1. The molecule has 0 radical (unpaired) electrons. The Morgan fingerprint density at radius 2 is 2.00 bits per heavy atom. The number of rotatable bonds is 9. The van der Waals surface area contributed by atoms with Crippen LogP contribution >= 0.6 is 24.0 Å². The first-order chi connectivity index (χ1) is 12.7. The number of halogens is 2. The SMILES string of the molecule is CCNC(=NCCCN(C)c1ccccc1F)NCCN1CCOCC1.I. The zero-order chi connectivity index (χ0) is 18.6. The first kappa shape index (κ1) is 23.9. The number of guanidine groups is 1. The van der Waals surface area contributed by atoms with Gasteiger partial charge in [-0.2, -0.15) is 0 Å². The van der Waals surface area contributed by atoms with Crippen LogP contribution in [0.25, 0.3) is 0 Å². The highest BCUT2D eigenvalue weighted by atomic mass is 127. The molecule has 0 atom stereocenters. The summed E-state index contributed by atoms with van der Waals surface area (Å²) in [6, 6.07) is 6.86. The molecule has 0 aliphatic carbocycles. The van der Waals surface area contributed by atoms with Crippen molar-refractivity contribution in [1.82, 2.24) is 15.5 Å². The highest BCUT2D eigenvalue weighted by molar-refractivity contribution is 14.0. The molecule has 0 bridgehead atoms. The third-order valence-electron chi connectivity index (χ3n) is 4.35. The van der Waals surface area contributed by atoms with E-state index in [4.69, 9.17) is 4.74 Å². The van der Waals surface area contributed by atoms with Crippen LogP contribution < -0.4 is 15.5 Å². The molecule has 1 aliphatic heterocycles. The summed E-state index contributed by atoms with van der Waals surface area (Å²) in [4.78, 5) is 8.94. The van der Waals surface area contributed by atoms with Gasteiger partial charge in [-0.25, -0.2) is 4.39 Å². The van der Waals surface area contributed by atoms with E-state index in [0.717, 1.165) is 64.9 Å². The second-order valence-corrected chi connectivity index (χ2v) is 6.37. The Labute approximate surface area is 179 Å². The van der Waals surface area contributed by atoms with Gasteiger partial charge in [0.25, 0.3) is 0 Å². The predicted molar refractivity (Wildman–Crippen MR) is 121 cm³/mol. The molecule has 1 aromatic rings. The fourth-order valence-electron chi connectivity index (χ4n) is 2.88. The van der Waals surface area contributed by atoms with Gasteiger partial charge in [0.05, 0.1) is 18.9 Å². The van der Waals surface area contributed by atoms with Crippen LogP contribution in [-0.4, -0.2) is 76.9 Å². The van der Waals surface area contributed by atoms with Crippen molar-refractivity contribution in [2.24, 2.45) is 4.99 Å². The Hall–Kier alpha value is -1.13. The van der Waals surface area contributed by atoms with Crippen LogP contribution in [0.5, 0.6) is 0 Å². The van der Waals surface area contributed by atoms with Gasteiger partial charge in [-0.1, -0.05) is 12.1 Å². The highest BCUT2D eigenvalue weighted by Gasteiger charge is 2.09. The minimum Gasteiger partial charge on any atom is -0.379 e. The molecular weight excluding hydrogens is 460 g/mol. The molecule has 1 fully saturated rings. The van der Waals surface area contributed by atoms with Crippen molar-refractivity contribution in [1.29, 1.82) is 0 Å². The van der Waals surface area contributed by atoms with Crippen LogP contribution in [0.3, 0.4) is 0 Å². The van der Waals surface area contributed by atoms with Crippen LogP contribution in [0.4, 0.5) is 10.1 Å². The van der Waals surface area contributed by atoms with Crippen molar-refractivity contribution in [3.63, 3.8) is 0 Å². The number of hydrogen-bond acceptors (Lipinski definition) is 4. The third kappa shape index (κ3) is 9.07. The van der Waals surface area contributed by atoms with Crippen LogP contribution in [0.2, 0.25) is 0 Å². The lowest BCUT2D eigenvalue weighted by Gasteiger charge is -2.26. The Morgan fingerprint density at radius 1 is 1.26 bits per heavy atom. The molecule has 1 aromatic carbocycles. The Balaban J connectivity index is 0.00000364. The predicted octanol–water partition coefficient (Wildman–Crippen LogP) is 2.16. The maximum absolute atomic E-state index is 13.8. The van der Waals surface area contributed by atoms with E-state index in [1.165, 1.54) is 6.07 Å². The number of nitrogens with zero attached hydrogens (tertiary/aromatic N) is 3. The summed E-state index contributed by atoms with van der Waals surface area (Å²) in [5.41, 5.74) is 0.632. The van der Waals surface area contributed by atoms with E-state index in [1.54, 1.807) is 12.1 Å². The van der Waals surface area contributed by atoms with E-state index in [0.29, 0.717) is 12.2 Å². The number of ether oxygens (including phenoxy) is 1. The number of nitrogens with one attached hydrogen (secondary N) is 2. The lowest BCUT2D eigenvalue weighted by molar-refractivity contribution is 0.0389. The van der Waals surface area contributed by atoms with Crippen molar-refractivity contribution in [3.8, 4) is 0 Å². The number of hydrogen-bond donors (Lipinski definition) is 2. The normalized spacial score (nSPS) is 15.1. The van der Waals surface area contributed by atoms with Crippen LogP contribution in [0, 0.1) is 5.82 Å². The Bertz CT molecular complexity index is 555. The van der Waals surface area contributed by atoms with Gasteiger partial charge < -0.3 is 20.3 Å². The number of morpholine rings is 1. The van der Waals surface area contributed by atoms with Gasteiger partial charge in [-0.3, -0.25) is 9.89 Å². The molecule has 0 aromatic heterocycles. The van der Waals surface area contributed by atoms with Crippen molar-refractivity contribution in [3.05, 3.63) is 30.1 Å². The number of aliphatic imine (C=N–C) groups is 1. The minimum absolute atomic E-state index is 0. The molecular formula is C19H33FIN5O. The highest BCUT2D eigenvalue weighted by Crippen LogP contribution is 2.16. The number of anilines is 1. The quantitative estimate of drug-likeness (QED) is 0.239. The molecule has 1 saturated heterocycles. The van der Waals surface area contributed by atoms with Gasteiger partial charge in [0.15, 0.2) is 5.96 Å². The summed E-state index contributed by atoms with van der Waals surface area (Å²) in [6.45, 7) is 9.85. The van der Waals surface area contributed by atoms with Gasteiger partial charge >= 0.3 is 0 Å². The van der Waals surface area contributed by atoms with E-state index in [1.807, 2.05) is 18.0 Å². The van der Waals surface area contributed by atoms with Gasteiger partial charge in [0.1, 0.15) is 5.82 Å². The van der Waals surface area contributed by atoms with Crippen molar-refractivity contribution in [2.45, 2.75) is 13.3 Å². The second-order valence-electron chi connectivity index (χ2n) is 6.37. The summed E-state index contributed by atoms with van der Waals surface area (Å²) in [5, 5.41) is 6.65. The molecule has 1 heterocycles. The summed E-state index contributed by atoms with van der Waals surface area (Å²) in [6.07, 6.45) is 0.866. The van der Waals surface area contributed by atoms with Crippen LogP contribution in [-0.2, 0) is 4.74 Å². The van der Waals surface area contributed by atoms with E-state index in [-0.39, 0.29) is 29.8 Å². The standard InChI is InChI=1S/C19H32FN5O.HI/c1-3-21-19(23-10-12-25-13-15-26-16-14-25)22-9-6-11-24(2)18-8-5-4-7-17(18)20;/h4-5,7-8H,3,6,9-16H2,1-2H3,(H2,21,22,23);1H. The summed E-state index contributed by atoms with van der Waals surface area (Å²) in [7, 11) is 1.91. The number of para-hydroxylation sites is 1. The van der Waals surface area contributed by atoms with Gasteiger partial charge in [0.2, 0.25) is 0 Å². The fraction of sp³-hybridized carbons (Fsp3) is 0.632. The first-order valence-corrected chi connectivity index (χ1v) is 9.48. The van der Waals surface area contributed by atoms with Gasteiger partial charge in [-0.05, 0) is 25.5 Å². The van der Waals surface area contributed by atoms with Crippen molar-refractivity contribution >= 4 is 35.6 Å². The largest absolute Gasteiger partial charge is 0.379 e. The van der Waals surface area contributed by atoms with E-state index < -0.39 is 0 Å². The van der Waals surface area contributed by atoms with E-state index in [2.05, 4.69) is 27.4 Å². The molecule has 0 amide bonds. The zero-order valence-corrected chi connectivity index (χ0v) is 18.7. The fourth-order valence-corrected chi connectivity index (χ4v) is 2.88. The molecule has 2 rings (SSSR count). The van der Waals surface area contributed by atoms with Crippen molar-refractivity contribution < 1.29 is 9.13 Å². The number of benzene rings is 1. The second kappa shape index (κ2) is 14.0. The topological polar surface area (TPSA) is 52.1 Å². The molecule has 0 unspecified atom stereocenters. The lowest BCUT2D eigenvalue weighted by Crippen LogP contribution is -2.44. The molecule has 154 valence electrons. The van der Waals surface area contributed by atoms with E-state index >= 15 is 0 Å². The zero-order valence-electron chi connectivity index (χ0n) is 16.4. The first-order valence-electron chi connectivity index (χ1n) is 9.48. The monoisotopic (exact) mass is 493 g/mol. The molecule has 27 heavy (non-hydrogen) atoms.